The van der Waals surface area contributed by atoms with E-state index in [2.05, 4.69) is 10.3 Å². The van der Waals surface area contributed by atoms with Crippen molar-refractivity contribution in [1.82, 2.24) is 10.3 Å². The van der Waals surface area contributed by atoms with Crippen molar-refractivity contribution in [2.75, 3.05) is 5.32 Å². The second-order valence-electron chi connectivity index (χ2n) is 4.56. The van der Waals surface area contributed by atoms with Gasteiger partial charge in [-0.15, -0.1) is 0 Å². The molecule has 1 aliphatic rings. The van der Waals surface area contributed by atoms with Crippen molar-refractivity contribution in [3.8, 4) is 11.5 Å². The molecule has 0 aliphatic carbocycles. The number of amides is 2. The van der Waals surface area contributed by atoms with Gasteiger partial charge in [-0.1, -0.05) is 18.2 Å². The molecule has 3 rings (SSSR count). The summed E-state index contributed by atoms with van der Waals surface area (Å²) in [5.74, 6) is -3.46. The number of para-hydroxylation sites is 2. The van der Waals surface area contributed by atoms with Crippen molar-refractivity contribution >= 4 is 11.8 Å². The van der Waals surface area contributed by atoms with Crippen LogP contribution in [0, 0.1) is 0 Å². The normalized spacial score (nSPS) is 15.1. The average Bonchev–Trinajstić information content (AvgIpc) is 2.87. The van der Waals surface area contributed by atoms with Crippen LogP contribution in [0.15, 0.2) is 48.7 Å². The van der Waals surface area contributed by atoms with Gasteiger partial charge in [0.1, 0.15) is 5.82 Å². The molecule has 1 aromatic heterocycles. The summed E-state index contributed by atoms with van der Waals surface area (Å²) in [6, 6.07) is 9.01. The Morgan fingerprint density at radius 2 is 1.65 bits per heavy atom. The fourth-order valence-corrected chi connectivity index (χ4v) is 1.92. The molecule has 2 aromatic rings. The van der Waals surface area contributed by atoms with Crippen molar-refractivity contribution in [2.24, 2.45) is 0 Å². The van der Waals surface area contributed by atoms with Crippen molar-refractivity contribution in [3.63, 3.8) is 0 Å². The van der Waals surface area contributed by atoms with Crippen LogP contribution in [0.5, 0.6) is 11.5 Å². The number of fused-ring (bicyclic) bond motifs is 1. The molecule has 6 nitrogen and oxygen atoms in total. The number of aromatic nitrogens is 1. The van der Waals surface area contributed by atoms with E-state index in [4.69, 9.17) is 9.47 Å². The molecule has 0 bridgehead atoms. The molecule has 0 radical (unpaired) electrons. The summed E-state index contributed by atoms with van der Waals surface area (Å²) in [7, 11) is 0. The minimum Gasteiger partial charge on any atom is -0.424 e. The van der Waals surface area contributed by atoms with Crippen LogP contribution >= 0.6 is 0 Å². The van der Waals surface area contributed by atoms with Crippen LogP contribution < -0.4 is 20.1 Å². The fraction of sp³-hybridized carbons (Fsp3) is 0.143. The monoisotopic (exact) mass is 325 g/mol. The van der Waals surface area contributed by atoms with Gasteiger partial charge in [0, 0.05) is 6.20 Å². The number of nitrogens with one attached hydrogen (secondary N) is 2. The summed E-state index contributed by atoms with van der Waals surface area (Å²) >= 11 is 0. The topological polar surface area (TPSA) is 72.5 Å². The SMILES string of the molecule is O=C(Nc1ccccn1)NC1(C(F)(F)F)Oc2ccccc2O1. The third-order valence-corrected chi connectivity index (χ3v) is 2.91. The number of carbonyl (C=O) groups is 1. The Bertz CT molecular complexity index is 697. The highest BCUT2D eigenvalue weighted by atomic mass is 19.4. The molecule has 0 atom stereocenters. The highest BCUT2D eigenvalue weighted by Crippen LogP contribution is 2.44. The molecule has 0 fully saturated rings. The third kappa shape index (κ3) is 2.85. The first-order chi connectivity index (χ1) is 10.9. The summed E-state index contributed by atoms with van der Waals surface area (Å²) in [4.78, 5) is 15.6. The number of urea groups is 1. The van der Waals surface area contributed by atoms with Gasteiger partial charge in [0.05, 0.1) is 0 Å². The number of alkyl halides is 3. The predicted molar refractivity (Wildman–Crippen MR) is 72.9 cm³/mol. The van der Waals surface area contributed by atoms with Gasteiger partial charge < -0.3 is 9.47 Å². The van der Waals surface area contributed by atoms with Gasteiger partial charge in [-0.3, -0.25) is 10.6 Å². The standard InChI is InChI=1S/C14H10F3N3O3/c15-13(16,17)14(22-9-5-1-2-6-10(9)23-14)20-12(21)19-11-7-3-4-8-18-11/h1-8H,(H2,18,19,20,21). The second kappa shape index (κ2) is 5.34. The lowest BCUT2D eigenvalue weighted by molar-refractivity contribution is -0.317. The van der Waals surface area contributed by atoms with E-state index in [1.54, 1.807) is 17.4 Å². The highest BCUT2D eigenvalue weighted by molar-refractivity contribution is 5.88. The predicted octanol–water partition coefficient (Wildman–Crippen LogP) is 2.89. The molecule has 23 heavy (non-hydrogen) atoms. The largest absolute Gasteiger partial charge is 0.492 e. The number of halogens is 3. The second-order valence-corrected chi connectivity index (χ2v) is 4.56. The number of nitrogens with zero attached hydrogens (tertiary/aromatic N) is 1. The molecule has 1 aliphatic heterocycles. The van der Waals surface area contributed by atoms with Crippen LogP contribution in [0.2, 0.25) is 0 Å². The molecule has 2 heterocycles. The molecule has 9 heteroatoms. The molecule has 2 N–H and O–H groups in total. The Morgan fingerprint density at radius 1 is 1.04 bits per heavy atom. The number of ether oxygens (including phenoxy) is 2. The van der Waals surface area contributed by atoms with E-state index in [-0.39, 0.29) is 17.3 Å². The van der Waals surface area contributed by atoms with E-state index in [1.165, 1.54) is 36.5 Å². The summed E-state index contributed by atoms with van der Waals surface area (Å²) in [5, 5.41) is 3.84. The van der Waals surface area contributed by atoms with Gasteiger partial charge in [0.15, 0.2) is 11.5 Å². The molecule has 0 unspecified atom stereocenters. The smallest absolute Gasteiger partial charge is 0.424 e. The number of hydrogen-bond acceptors (Lipinski definition) is 4. The molecule has 1 aromatic carbocycles. The zero-order valence-electron chi connectivity index (χ0n) is 11.4. The van der Waals surface area contributed by atoms with Gasteiger partial charge >= 0.3 is 18.1 Å². The summed E-state index contributed by atoms with van der Waals surface area (Å²) in [6.07, 6.45) is -3.62. The van der Waals surface area contributed by atoms with Gasteiger partial charge in [-0.05, 0) is 24.3 Å². The highest BCUT2D eigenvalue weighted by Gasteiger charge is 2.65. The number of pyridine rings is 1. The molecule has 2 amide bonds. The maximum absolute atomic E-state index is 13.4. The first-order valence-electron chi connectivity index (χ1n) is 6.44. The van der Waals surface area contributed by atoms with Crippen LogP contribution in [0.1, 0.15) is 0 Å². The minimum absolute atomic E-state index is 0.0813. The van der Waals surface area contributed by atoms with Gasteiger partial charge in [0.25, 0.3) is 0 Å². The molecule has 120 valence electrons. The van der Waals surface area contributed by atoms with Crippen LogP contribution in [-0.4, -0.2) is 23.1 Å². The number of rotatable bonds is 2. The summed E-state index contributed by atoms with van der Waals surface area (Å²) in [5.41, 5.74) is 0. The number of hydrogen-bond donors (Lipinski definition) is 2. The van der Waals surface area contributed by atoms with E-state index >= 15 is 0 Å². The van der Waals surface area contributed by atoms with Crippen molar-refractivity contribution in [1.29, 1.82) is 0 Å². The average molecular weight is 325 g/mol. The van der Waals surface area contributed by atoms with E-state index in [1.807, 2.05) is 0 Å². The molecular weight excluding hydrogens is 315 g/mol. The first kappa shape index (κ1) is 14.9. The molecular formula is C14H10F3N3O3. The summed E-state index contributed by atoms with van der Waals surface area (Å²) in [6.45, 7) is 0. The number of carbonyl (C=O) groups excluding carboxylic acids is 1. The van der Waals surface area contributed by atoms with Crippen LogP contribution in [-0.2, 0) is 0 Å². The third-order valence-electron chi connectivity index (χ3n) is 2.91. The zero-order chi connectivity index (χ0) is 16.5. The Hall–Kier alpha value is -2.97. The van der Waals surface area contributed by atoms with Crippen molar-refractivity contribution in [3.05, 3.63) is 48.7 Å². The quantitative estimate of drug-likeness (QED) is 0.890. The van der Waals surface area contributed by atoms with Crippen molar-refractivity contribution in [2.45, 2.75) is 12.1 Å². The Morgan fingerprint density at radius 3 is 2.17 bits per heavy atom. The van der Waals surface area contributed by atoms with Crippen molar-refractivity contribution < 1.29 is 27.4 Å². The lowest BCUT2D eigenvalue weighted by Gasteiger charge is -2.29. The Kier molecular flexibility index (Phi) is 3.47. The van der Waals surface area contributed by atoms with E-state index in [0.29, 0.717) is 0 Å². The Labute approximate surface area is 128 Å². The van der Waals surface area contributed by atoms with Crippen LogP contribution in [0.4, 0.5) is 23.8 Å². The number of benzene rings is 1. The molecule has 0 saturated carbocycles. The molecule has 0 saturated heterocycles. The fourth-order valence-electron chi connectivity index (χ4n) is 1.92. The van der Waals surface area contributed by atoms with Crippen LogP contribution in [0.25, 0.3) is 0 Å². The van der Waals surface area contributed by atoms with Gasteiger partial charge in [0.2, 0.25) is 0 Å². The first-order valence-corrected chi connectivity index (χ1v) is 6.44. The van der Waals surface area contributed by atoms with E-state index in [0.717, 1.165) is 0 Å². The van der Waals surface area contributed by atoms with Gasteiger partial charge in [-0.25, -0.2) is 9.78 Å². The Balaban J connectivity index is 1.81. The van der Waals surface area contributed by atoms with E-state index in [9.17, 15) is 18.0 Å². The minimum atomic E-state index is -5.01. The lowest BCUT2D eigenvalue weighted by atomic mass is 10.3. The van der Waals surface area contributed by atoms with E-state index < -0.39 is 18.1 Å². The lowest BCUT2D eigenvalue weighted by Crippen LogP contribution is -2.65. The number of anilines is 1. The zero-order valence-corrected chi connectivity index (χ0v) is 11.4. The maximum Gasteiger partial charge on any atom is 0.492 e. The van der Waals surface area contributed by atoms with Crippen LogP contribution in [0.3, 0.4) is 0 Å². The summed E-state index contributed by atoms with van der Waals surface area (Å²) < 4.78 is 49.8. The van der Waals surface area contributed by atoms with Gasteiger partial charge in [-0.2, -0.15) is 13.2 Å². The maximum atomic E-state index is 13.4. The molecule has 0 spiro atoms.